The lowest BCUT2D eigenvalue weighted by atomic mass is 10.2. The van der Waals surface area contributed by atoms with Crippen molar-refractivity contribution in [3.63, 3.8) is 0 Å². The molecule has 20 heavy (non-hydrogen) atoms. The number of thiophene rings is 1. The molecule has 0 unspecified atom stereocenters. The summed E-state index contributed by atoms with van der Waals surface area (Å²) in [5, 5.41) is 16.1. The molecule has 0 saturated carbocycles. The Balaban J connectivity index is 1.98. The Bertz CT molecular complexity index is 546. The van der Waals surface area contributed by atoms with Crippen molar-refractivity contribution in [2.24, 2.45) is 0 Å². The number of rotatable bonds is 3. The van der Waals surface area contributed by atoms with Gasteiger partial charge in [0.05, 0.1) is 12.1 Å². The topological polar surface area (TPSA) is 68.2 Å². The van der Waals surface area contributed by atoms with E-state index < -0.39 is 0 Å². The average molecular weight is 292 g/mol. The van der Waals surface area contributed by atoms with E-state index in [1.54, 1.807) is 0 Å². The minimum Gasteiger partial charge on any atom is -0.315 e. The number of amides is 1. The number of nitrogens with zero attached hydrogens (tertiary/aromatic N) is 2. The van der Waals surface area contributed by atoms with Gasteiger partial charge in [0, 0.05) is 30.6 Å². The fourth-order valence-electron chi connectivity index (χ4n) is 2.37. The molecule has 1 saturated heterocycles. The number of hydrogen-bond donors (Lipinski definition) is 2. The summed E-state index contributed by atoms with van der Waals surface area (Å²) in [6, 6.07) is 2.59. The van der Waals surface area contributed by atoms with E-state index in [4.69, 9.17) is 5.26 Å². The first-order valence-corrected chi connectivity index (χ1v) is 7.58. The first-order valence-electron chi connectivity index (χ1n) is 6.77. The summed E-state index contributed by atoms with van der Waals surface area (Å²) in [5.74, 6) is -0.0446. The second kappa shape index (κ2) is 6.35. The highest BCUT2D eigenvalue weighted by Gasteiger charge is 2.20. The smallest absolute Gasteiger partial charge is 0.239 e. The second-order valence-corrected chi connectivity index (χ2v) is 6.46. The molecule has 108 valence electrons. The van der Waals surface area contributed by atoms with E-state index in [9.17, 15) is 4.79 Å². The molecule has 0 aliphatic carbocycles. The van der Waals surface area contributed by atoms with Crippen LogP contribution in [0.5, 0.6) is 0 Å². The molecule has 0 bridgehead atoms. The number of nitrogens with one attached hydrogen (secondary N) is 2. The monoisotopic (exact) mass is 292 g/mol. The molecule has 1 aliphatic heterocycles. The molecule has 2 N–H and O–H groups in total. The van der Waals surface area contributed by atoms with Gasteiger partial charge in [0.2, 0.25) is 5.91 Å². The first-order chi connectivity index (χ1) is 9.51. The highest BCUT2D eigenvalue weighted by atomic mass is 32.1. The number of aryl methyl sites for hydroxylation is 1. The van der Waals surface area contributed by atoms with Crippen molar-refractivity contribution in [1.29, 1.82) is 5.26 Å². The van der Waals surface area contributed by atoms with Crippen LogP contribution in [-0.2, 0) is 4.79 Å². The van der Waals surface area contributed by atoms with Crippen LogP contribution in [0.3, 0.4) is 0 Å². The van der Waals surface area contributed by atoms with Gasteiger partial charge in [-0.25, -0.2) is 0 Å². The van der Waals surface area contributed by atoms with Gasteiger partial charge < -0.3 is 10.6 Å². The van der Waals surface area contributed by atoms with Gasteiger partial charge in [-0.3, -0.25) is 9.69 Å². The van der Waals surface area contributed by atoms with Crippen LogP contribution < -0.4 is 10.6 Å². The standard InChI is InChI=1S/C14H20N4OS/c1-9-7-18(5-4-16-9)8-13(19)17-14-12(6-15)10(2)11(3)20-14/h9,16H,4-5,7-8H2,1-3H3,(H,17,19)/t9-/m1/s1. The predicted molar refractivity (Wildman–Crippen MR) is 81.0 cm³/mol. The molecule has 1 aromatic heterocycles. The summed E-state index contributed by atoms with van der Waals surface area (Å²) < 4.78 is 0. The van der Waals surface area contributed by atoms with Crippen LogP contribution in [0.2, 0.25) is 0 Å². The second-order valence-electron chi connectivity index (χ2n) is 5.24. The zero-order valence-electron chi connectivity index (χ0n) is 12.1. The quantitative estimate of drug-likeness (QED) is 0.885. The lowest BCUT2D eigenvalue weighted by Crippen LogP contribution is -2.51. The molecule has 6 heteroatoms. The minimum absolute atomic E-state index is 0.0446. The maximum absolute atomic E-state index is 12.1. The number of carbonyl (C=O) groups excluding carboxylic acids is 1. The molecule has 0 spiro atoms. The largest absolute Gasteiger partial charge is 0.315 e. The first kappa shape index (κ1) is 15.0. The van der Waals surface area contributed by atoms with Crippen LogP contribution in [0.25, 0.3) is 0 Å². The van der Waals surface area contributed by atoms with Gasteiger partial charge in [0.15, 0.2) is 0 Å². The van der Waals surface area contributed by atoms with Gasteiger partial charge >= 0.3 is 0 Å². The zero-order valence-corrected chi connectivity index (χ0v) is 12.9. The molecule has 1 atom stereocenters. The minimum atomic E-state index is -0.0446. The number of carbonyl (C=O) groups is 1. The van der Waals surface area contributed by atoms with Gasteiger partial charge in [-0.05, 0) is 26.3 Å². The highest BCUT2D eigenvalue weighted by Crippen LogP contribution is 2.31. The van der Waals surface area contributed by atoms with Crippen molar-refractivity contribution in [3.05, 3.63) is 16.0 Å². The summed E-state index contributed by atoms with van der Waals surface area (Å²) in [4.78, 5) is 15.3. The maximum atomic E-state index is 12.1. The van der Waals surface area contributed by atoms with Gasteiger partial charge in [-0.1, -0.05) is 0 Å². The van der Waals surface area contributed by atoms with Crippen molar-refractivity contribution >= 4 is 22.2 Å². The molecular weight excluding hydrogens is 272 g/mol. The Hall–Kier alpha value is -1.42. The number of anilines is 1. The van der Waals surface area contributed by atoms with E-state index >= 15 is 0 Å². The fraction of sp³-hybridized carbons (Fsp3) is 0.571. The van der Waals surface area contributed by atoms with E-state index in [-0.39, 0.29) is 5.91 Å². The van der Waals surface area contributed by atoms with Crippen LogP contribution in [0.15, 0.2) is 0 Å². The van der Waals surface area contributed by atoms with Gasteiger partial charge in [-0.2, -0.15) is 5.26 Å². The molecule has 1 aliphatic rings. The zero-order chi connectivity index (χ0) is 14.7. The molecular formula is C14H20N4OS. The van der Waals surface area contributed by atoms with Crippen molar-refractivity contribution in [3.8, 4) is 6.07 Å². The SMILES string of the molecule is Cc1sc(NC(=O)CN2CCN[C@H](C)C2)c(C#N)c1C. The van der Waals surface area contributed by atoms with Crippen LogP contribution in [0.4, 0.5) is 5.00 Å². The normalized spacial score (nSPS) is 19.6. The van der Waals surface area contributed by atoms with E-state index in [2.05, 4.69) is 28.5 Å². The van der Waals surface area contributed by atoms with E-state index in [1.807, 2.05) is 13.8 Å². The van der Waals surface area contributed by atoms with Crippen LogP contribution in [0, 0.1) is 25.2 Å². The molecule has 1 aromatic rings. The average Bonchev–Trinajstić information content (AvgIpc) is 2.64. The molecule has 1 amide bonds. The Morgan fingerprint density at radius 1 is 1.60 bits per heavy atom. The Kier molecular flexibility index (Phi) is 4.76. The summed E-state index contributed by atoms with van der Waals surface area (Å²) >= 11 is 1.47. The van der Waals surface area contributed by atoms with Crippen LogP contribution in [-0.4, -0.2) is 43.0 Å². The third-order valence-electron chi connectivity index (χ3n) is 3.57. The molecule has 0 aromatic carbocycles. The summed E-state index contributed by atoms with van der Waals surface area (Å²) in [5.41, 5.74) is 1.55. The lowest BCUT2D eigenvalue weighted by molar-refractivity contribution is -0.117. The van der Waals surface area contributed by atoms with E-state index in [0.717, 1.165) is 30.1 Å². The van der Waals surface area contributed by atoms with Gasteiger partial charge in [0.1, 0.15) is 11.1 Å². The molecule has 2 rings (SSSR count). The number of nitriles is 1. The van der Waals surface area contributed by atoms with E-state index in [0.29, 0.717) is 23.2 Å². The van der Waals surface area contributed by atoms with Crippen molar-refractivity contribution in [2.45, 2.75) is 26.8 Å². The van der Waals surface area contributed by atoms with E-state index in [1.165, 1.54) is 11.3 Å². The Morgan fingerprint density at radius 3 is 3.00 bits per heavy atom. The number of piperazine rings is 1. The molecule has 2 heterocycles. The van der Waals surface area contributed by atoms with Crippen LogP contribution in [0.1, 0.15) is 22.9 Å². The number of hydrogen-bond acceptors (Lipinski definition) is 5. The van der Waals surface area contributed by atoms with Crippen LogP contribution >= 0.6 is 11.3 Å². The van der Waals surface area contributed by atoms with Crippen molar-refractivity contribution < 1.29 is 4.79 Å². The Morgan fingerprint density at radius 2 is 2.35 bits per heavy atom. The summed E-state index contributed by atoms with van der Waals surface area (Å²) in [6.45, 7) is 9.05. The highest BCUT2D eigenvalue weighted by molar-refractivity contribution is 7.16. The van der Waals surface area contributed by atoms with Crippen molar-refractivity contribution in [1.82, 2.24) is 10.2 Å². The van der Waals surface area contributed by atoms with Gasteiger partial charge in [0.25, 0.3) is 0 Å². The molecule has 5 nitrogen and oxygen atoms in total. The lowest BCUT2D eigenvalue weighted by Gasteiger charge is -2.31. The maximum Gasteiger partial charge on any atom is 0.239 e. The predicted octanol–water partition coefficient (Wildman–Crippen LogP) is 1.47. The third kappa shape index (κ3) is 3.37. The van der Waals surface area contributed by atoms with Gasteiger partial charge in [-0.15, -0.1) is 11.3 Å². The third-order valence-corrected chi connectivity index (χ3v) is 4.69. The molecule has 1 fully saturated rings. The summed E-state index contributed by atoms with van der Waals surface area (Å²) in [7, 11) is 0. The molecule has 0 radical (unpaired) electrons. The van der Waals surface area contributed by atoms with Crippen molar-refractivity contribution in [2.75, 3.05) is 31.5 Å². The Labute approximate surface area is 123 Å². The fourth-order valence-corrected chi connectivity index (χ4v) is 3.40. The summed E-state index contributed by atoms with van der Waals surface area (Å²) in [6.07, 6.45) is 0.